The predicted octanol–water partition coefficient (Wildman–Crippen LogP) is 1.33. The second kappa shape index (κ2) is 5.55. The van der Waals surface area contributed by atoms with E-state index in [2.05, 4.69) is 16.9 Å². The van der Waals surface area contributed by atoms with Crippen molar-refractivity contribution < 1.29 is 19.4 Å². The van der Waals surface area contributed by atoms with Crippen LogP contribution in [0.15, 0.2) is 18.9 Å². The van der Waals surface area contributed by atoms with E-state index in [1.54, 1.807) is 4.57 Å². The molecular weight excluding hydrogens is 250 g/mol. The first-order valence-electron chi connectivity index (χ1n) is 5.96. The quantitative estimate of drug-likeness (QED) is 0.801. The Bertz CT molecular complexity index is 509. The lowest BCUT2D eigenvalue weighted by Gasteiger charge is -2.23. The number of rotatable bonds is 4. The summed E-state index contributed by atoms with van der Waals surface area (Å²) in [6.45, 7) is 4.29. The highest BCUT2D eigenvalue weighted by molar-refractivity contribution is 5.85. The standard InChI is InChI=1S/C12H15N3O4/c1-2-6-19-12(18)14-8-4-3-5-15-7-9(11(16)17)13-10(8)15/h2,7-8H,1,3-6H2,(H,14,18)(H,16,17). The van der Waals surface area contributed by atoms with Crippen molar-refractivity contribution >= 4 is 12.1 Å². The molecule has 1 atom stereocenters. The molecule has 0 bridgehead atoms. The summed E-state index contributed by atoms with van der Waals surface area (Å²) in [4.78, 5) is 26.4. The van der Waals surface area contributed by atoms with Gasteiger partial charge in [0, 0.05) is 12.7 Å². The third-order valence-corrected chi connectivity index (χ3v) is 2.85. The molecule has 0 saturated heterocycles. The topological polar surface area (TPSA) is 93.5 Å². The first kappa shape index (κ1) is 13.1. The Morgan fingerprint density at radius 2 is 2.47 bits per heavy atom. The first-order chi connectivity index (χ1) is 9.11. The van der Waals surface area contributed by atoms with Gasteiger partial charge in [0.25, 0.3) is 0 Å². The van der Waals surface area contributed by atoms with Gasteiger partial charge in [-0.3, -0.25) is 0 Å². The Kier molecular flexibility index (Phi) is 3.84. The number of carbonyl (C=O) groups is 2. The number of hydrogen-bond acceptors (Lipinski definition) is 4. The van der Waals surface area contributed by atoms with Gasteiger partial charge in [-0.05, 0) is 12.8 Å². The highest BCUT2D eigenvalue weighted by Gasteiger charge is 2.26. The molecular formula is C12H15N3O4. The minimum atomic E-state index is -1.07. The summed E-state index contributed by atoms with van der Waals surface area (Å²) in [5.74, 6) is -0.519. The Morgan fingerprint density at radius 3 is 3.16 bits per heavy atom. The largest absolute Gasteiger partial charge is 0.476 e. The molecule has 0 aliphatic carbocycles. The molecule has 1 aliphatic heterocycles. The minimum absolute atomic E-state index is 0.0110. The van der Waals surface area contributed by atoms with Gasteiger partial charge >= 0.3 is 12.1 Å². The molecule has 2 heterocycles. The van der Waals surface area contributed by atoms with Crippen molar-refractivity contribution in [3.63, 3.8) is 0 Å². The number of nitrogens with one attached hydrogen (secondary N) is 1. The van der Waals surface area contributed by atoms with Crippen LogP contribution < -0.4 is 5.32 Å². The number of aromatic nitrogens is 2. The van der Waals surface area contributed by atoms with E-state index >= 15 is 0 Å². The molecule has 1 amide bonds. The fourth-order valence-corrected chi connectivity index (χ4v) is 2.04. The fraction of sp³-hybridized carbons (Fsp3) is 0.417. The number of aromatic carboxylic acids is 1. The molecule has 2 rings (SSSR count). The van der Waals surface area contributed by atoms with Gasteiger partial charge in [0.2, 0.25) is 0 Å². The van der Waals surface area contributed by atoms with Crippen molar-refractivity contribution in [2.75, 3.05) is 6.61 Å². The van der Waals surface area contributed by atoms with Crippen molar-refractivity contribution in [3.8, 4) is 0 Å². The molecule has 0 spiro atoms. The summed E-state index contributed by atoms with van der Waals surface area (Å²) in [6, 6.07) is -0.320. The molecule has 7 nitrogen and oxygen atoms in total. The zero-order chi connectivity index (χ0) is 13.8. The number of carboxylic acid groups (broad SMARTS) is 1. The van der Waals surface area contributed by atoms with Crippen LogP contribution in [0.1, 0.15) is 35.2 Å². The van der Waals surface area contributed by atoms with Gasteiger partial charge in [-0.25, -0.2) is 14.6 Å². The Labute approximate surface area is 109 Å². The van der Waals surface area contributed by atoms with Gasteiger partial charge in [0.1, 0.15) is 12.4 Å². The van der Waals surface area contributed by atoms with Crippen molar-refractivity contribution in [1.29, 1.82) is 0 Å². The summed E-state index contributed by atoms with van der Waals surface area (Å²) < 4.78 is 6.60. The number of aryl methyl sites for hydroxylation is 1. The van der Waals surface area contributed by atoms with E-state index in [4.69, 9.17) is 9.84 Å². The van der Waals surface area contributed by atoms with E-state index in [1.165, 1.54) is 12.3 Å². The van der Waals surface area contributed by atoms with Gasteiger partial charge in [-0.15, -0.1) is 0 Å². The third-order valence-electron chi connectivity index (χ3n) is 2.85. The number of fused-ring (bicyclic) bond motifs is 1. The second-order valence-corrected chi connectivity index (χ2v) is 4.21. The maximum absolute atomic E-state index is 11.5. The number of carboxylic acids is 1. The number of hydrogen-bond donors (Lipinski definition) is 2. The lowest BCUT2D eigenvalue weighted by Crippen LogP contribution is -2.33. The average molecular weight is 265 g/mol. The number of nitrogens with zero attached hydrogens (tertiary/aromatic N) is 2. The van der Waals surface area contributed by atoms with Gasteiger partial charge in [-0.1, -0.05) is 12.7 Å². The normalized spacial score (nSPS) is 17.4. The molecule has 7 heteroatoms. The van der Waals surface area contributed by atoms with Crippen molar-refractivity contribution in [2.24, 2.45) is 0 Å². The van der Waals surface area contributed by atoms with Gasteiger partial charge in [-0.2, -0.15) is 0 Å². The molecule has 1 aliphatic rings. The fourth-order valence-electron chi connectivity index (χ4n) is 2.04. The lowest BCUT2D eigenvalue weighted by molar-refractivity contribution is 0.0691. The van der Waals surface area contributed by atoms with Crippen LogP contribution in [0, 0.1) is 0 Å². The number of ether oxygens (including phenoxy) is 1. The zero-order valence-electron chi connectivity index (χ0n) is 10.3. The van der Waals surface area contributed by atoms with Crippen molar-refractivity contribution in [3.05, 3.63) is 30.4 Å². The van der Waals surface area contributed by atoms with E-state index in [1.807, 2.05) is 0 Å². The highest BCUT2D eigenvalue weighted by atomic mass is 16.5. The van der Waals surface area contributed by atoms with E-state index in [0.29, 0.717) is 18.8 Å². The number of imidazole rings is 1. The summed E-state index contributed by atoms with van der Waals surface area (Å²) in [6.07, 6.45) is 3.96. The Balaban J connectivity index is 2.10. The van der Waals surface area contributed by atoms with E-state index < -0.39 is 12.1 Å². The van der Waals surface area contributed by atoms with Crippen LogP contribution in [-0.4, -0.2) is 33.3 Å². The summed E-state index contributed by atoms with van der Waals surface area (Å²) in [5.41, 5.74) is -0.0110. The number of carbonyl (C=O) groups excluding carboxylic acids is 1. The first-order valence-corrected chi connectivity index (χ1v) is 5.96. The monoisotopic (exact) mass is 265 g/mol. The predicted molar refractivity (Wildman–Crippen MR) is 65.8 cm³/mol. The van der Waals surface area contributed by atoms with E-state index in [0.717, 1.165) is 6.42 Å². The summed E-state index contributed by atoms with van der Waals surface area (Å²) in [7, 11) is 0. The summed E-state index contributed by atoms with van der Waals surface area (Å²) >= 11 is 0. The maximum atomic E-state index is 11.5. The van der Waals surface area contributed by atoms with Crippen LogP contribution in [0.5, 0.6) is 0 Å². The minimum Gasteiger partial charge on any atom is -0.476 e. The zero-order valence-corrected chi connectivity index (χ0v) is 10.3. The van der Waals surface area contributed by atoms with Crippen molar-refractivity contribution in [1.82, 2.24) is 14.9 Å². The number of alkyl carbamates (subject to hydrolysis) is 1. The second-order valence-electron chi connectivity index (χ2n) is 4.21. The van der Waals surface area contributed by atoms with Crippen LogP contribution >= 0.6 is 0 Å². The molecule has 1 unspecified atom stereocenters. The average Bonchev–Trinajstić information content (AvgIpc) is 2.81. The molecule has 2 N–H and O–H groups in total. The molecule has 102 valence electrons. The smallest absolute Gasteiger partial charge is 0.408 e. The van der Waals surface area contributed by atoms with Crippen molar-refractivity contribution in [2.45, 2.75) is 25.4 Å². The van der Waals surface area contributed by atoms with Crippen LogP contribution in [-0.2, 0) is 11.3 Å². The Morgan fingerprint density at radius 1 is 1.68 bits per heavy atom. The lowest BCUT2D eigenvalue weighted by atomic mass is 10.1. The third kappa shape index (κ3) is 2.93. The van der Waals surface area contributed by atoms with E-state index in [-0.39, 0.29) is 18.3 Å². The molecule has 1 aromatic heterocycles. The van der Waals surface area contributed by atoms with E-state index in [9.17, 15) is 9.59 Å². The van der Waals surface area contributed by atoms with Crippen LogP contribution in [0.3, 0.4) is 0 Å². The highest BCUT2D eigenvalue weighted by Crippen LogP contribution is 2.24. The van der Waals surface area contributed by atoms with Crippen LogP contribution in [0.25, 0.3) is 0 Å². The molecule has 1 aromatic rings. The van der Waals surface area contributed by atoms with Gasteiger partial charge in [0.15, 0.2) is 5.69 Å². The molecule has 0 radical (unpaired) electrons. The van der Waals surface area contributed by atoms with Crippen LogP contribution in [0.4, 0.5) is 4.79 Å². The van der Waals surface area contributed by atoms with Gasteiger partial charge in [0.05, 0.1) is 6.04 Å². The molecule has 0 aromatic carbocycles. The molecule has 0 saturated carbocycles. The van der Waals surface area contributed by atoms with Gasteiger partial charge < -0.3 is 19.7 Å². The number of amides is 1. The van der Waals surface area contributed by atoms with Crippen LogP contribution in [0.2, 0.25) is 0 Å². The molecule has 19 heavy (non-hydrogen) atoms. The Hall–Kier alpha value is -2.31. The maximum Gasteiger partial charge on any atom is 0.408 e. The summed E-state index contributed by atoms with van der Waals surface area (Å²) in [5, 5.41) is 11.6. The SMILES string of the molecule is C=CCOC(=O)NC1CCCn2cc(C(=O)O)nc21. The molecule has 0 fully saturated rings.